The van der Waals surface area contributed by atoms with E-state index in [1.807, 2.05) is 0 Å². The Hall–Kier alpha value is -0.140. The van der Waals surface area contributed by atoms with Crippen LogP contribution >= 0.6 is 18.7 Å². The van der Waals surface area contributed by atoms with Crippen LogP contribution in [0.1, 0.15) is 65.2 Å². The Kier molecular flexibility index (Phi) is 5.26. The minimum atomic E-state index is -1.09. The van der Waals surface area contributed by atoms with Crippen molar-refractivity contribution < 1.29 is 9.26 Å². The maximum absolute atomic E-state index is 6.65. The summed E-state index contributed by atoms with van der Waals surface area (Å²) in [7, 11) is 0.662. The number of hydrogen-bond acceptors (Lipinski definition) is 2. The van der Waals surface area contributed by atoms with Gasteiger partial charge in [-0.25, -0.2) is 0 Å². The zero-order chi connectivity index (χ0) is 17.6. The smallest absolute Gasteiger partial charge is 0.157 e. The predicted molar refractivity (Wildman–Crippen MR) is 101 cm³/mol. The summed E-state index contributed by atoms with van der Waals surface area (Å²) in [6.45, 7) is 17.0. The lowest BCUT2D eigenvalue weighted by Crippen LogP contribution is -2.40. The van der Waals surface area contributed by atoms with E-state index in [0.29, 0.717) is 13.2 Å². The molecule has 0 spiro atoms. The zero-order valence-corrected chi connectivity index (χ0v) is 17.4. The average Bonchev–Trinajstić information content (AvgIpc) is 2.41. The van der Waals surface area contributed by atoms with Crippen molar-refractivity contribution in [1.82, 2.24) is 0 Å². The highest BCUT2D eigenvalue weighted by Crippen LogP contribution is 2.52. The Bertz CT molecular complexity index is 588. The SMILES string of the molecule is COCC(C)(C)c1cc(C(C)(C)C)cc2c1P(Cl)OCC2(C)C. The summed E-state index contributed by atoms with van der Waals surface area (Å²) in [6, 6.07) is 4.67. The largest absolute Gasteiger partial charge is 0.384 e. The lowest BCUT2D eigenvalue weighted by molar-refractivity contribution is 0.147. The molecule has 0 N–H and O–H groups in total. The van der Waals surface area contributed by atoms with E-state index in [1.54, 1.807) is 7.11 Å². The van der Waals surface area contributed by atoms with E-state index in [2.05, 4.69) is 60.6 Å². The van der Waals surface area contributed by atoms with Gasteiger partial charge in [0.25, 0.3) is 0 Å². The van der Waals surface area contributed by atoms with E-state index >= 15 is 0 Å². The molecule has 2 rings (SSSR count). The van der Waals surface area contributed by atoms with Crippen molar-refractivity contribution in [3.63, 3.8) is 0 Å². The van der Waals surface area contributed by atoms with E-state index in [1.165, 1.54) is 22.0 Å². The molecule has 0 saturated heterocycles. The Labute approximate surface area is 147 Å². The molecule has 2 nitrogen and oxygen atoms in total. The quantitative estimate of drug-likeness (QED) is 0.676. The first-order valence-corrected chi connectivity index (χ1v) is 10.3. The van der Waals surface area contributed by atoms with Gasteiger partial charge >= 0.3 is 0 Å². The summed E-state index contributed by atoms with van der Waals surface area (Å²) in [5, 5.41) is 1.20. The predicted octanol–water partition coefficient (Wildman–Crippen LogP) is 5.39. The minimum Gasteiger partial charge on any atom is -0.384 e. The monoisotopic (exact) mass is 356 g/mol. The Balaban J connectivity index is 2.79. The first-order chi connectivity index (χ1) is 10.4. The summed E-state index contributed by atoms with van der Waals surface area (Å²) in [6.07, 6.45) is 0. The van der Waals surface area contributed by atoms with E-state index in [0.717, 1.165) is 0 Å². The third-order valence-electron chi connectivity index (χ3n) is 4.65. The Morgan fingerprint density at radius 3 is 2.35 bits per heavy atom. The first kappa shape index (κ1) is 19.2. The number of rotatable bonds is 3. The van der Waals surface area contributed by atoms with Crippen molar-refractivity contribution in [3.05, 3.63) is 28.8 Å². The van der Waals surface area contributed by atoms with E-state index in [4.69, 9.17) is 20.5 Å². The Morgan fingerprint density at radius 1 is 1.22 bits per heavy atom. The van der Waals surface area contributed by atoms with Crippen LogP contribution in [-0.2, 0) is 25.5 Å². The topological polar surface area (TPSA) is 18.5 Å². The molecular weight excluding hydrogens is 327 g/mol. The van der Waals surface area contributed by atoms with Gasteiger partial charge in [-0.2, -0.15) is 0 Å². The second-order valence-corrected chi connectivity index (χ2v) is 11.0. The van der Waals surface area contributed by atoms with Crippen LogP contribution in [0, 0.1) is 0 Å². The number of halogens is 1. The molecule has 0 aliphatic carbocycles. The molecule has 4 heteroatoms. The van der Waals surface area contributed by atoms with Gasteiger partial charge in [0, 0.05) is 23.2 Å². The molecule has 1 aromatic rings. The van der Waals surface area contributed by atoms with Crippen molar-refractivity contribution >= 4 is 24.0 Å². The van der Waals surface area contributed by atoms with Crippen LogP contribution in [0.15, 0.2) is 12.1 Å². The van der Waals surface area contributed by atoms with Gasteiger partial charge in [-0.15, -0.1) is 0 Å². The average molecular weight is 357 g/mol. The highest BCUT2D eigenvalue weighted by molar-refractivity contribution is 7.86. The number of benzene rings is 1. The fraction of sp³-hybridized carbons (Fsp3) is 0.684. The molecule has 0 bridgehead atoms. The summed E-state index contributed by atoms with van der Waals surface area (Å²) in [5.41, 5.74) is 3.93. The molecule has 0 aromatic heterocycles. The summed E-state index contributed by atoms with van der Waals surface area (Å²) in [4.78, 5) is 0. The lowest BCUT2D eigenvalue weighted by atomic mass is 9.74. The molecule has 130 valence electrons. The molecule has 1 aliphatic rings. The standard InChI is InChI=1S/C19H30ClO2P/c1-17(2,3)13-9-14(18(4,5)11-21-8)16-15(10-13)19(6,7)12-22-23(16)20/h9-10H,11-12H2,1-8H3. The van der Waals surface area contributed by atoms with Crippen LogP contribution < -0.4 is 5.30 Å². The summed E-state index contributed by atoms with van der Waals surface area (Å²) >= 11 is 6.65. The van der Waals surface area contributed by atoms with E-state index in [9.17, 15) is 0 Å². The Morgan fingerprint density at radius 2 is 1.83 bits per heavy atom. The molecule has 0 amide bonds. The van der Waals surface area contributed by atoms with Crippen molar-refractivity contribution in [2.45, 2.75) is 64.7 Å². The van der Waals surface area contributed by atoms with Crippen LogP contribution in [0.25, 0.3) is 0 Å². The number of fused-ring (bicyclic) bond motifs is 1. The molecule has 1 aromatic carbocycles. The van der Waals surface area contributed by atoms with Crippen molar-refractivity contribution in [3.8, 4) is 0 Å². The van der Waals surface area contributed by atoms with Crippen molar-refractivity contribution in [1.29, 1.82) is 0 Å². The number of methoxy groups -OCH3 is 1. The maximum Gasteiger partial charge on any atom is 0.157 e. The van der Waals surface area contributed by atoms with Gasteiger partial charge in [-0.05, 0) is 22.1 Å². The zero-order valence-electron chi connectivity index (χ0n) is 15.7. The molecule has 0 radical (unpaired) electrons. The van der Waals surface area contributed by atoms with Gasteiger partial charge in [-0.1, -0.05) is 71.8 Å². The van der Waals surface area contributed by atoms with Crippen LogP contribution in [0.5, 0.6) is 0 Å². The molecule has 1 aliphatic heterocycles. The van der Waals surface area contributed by atoms with Crippen molar-refractivity contribution in [2.75, 3.05) is 20.3 Å². The summed E-state index contributed by atoms with van der Waals surface area (Å²) < 4.78 is 11.4. The molecule has 1 unspecified atom stereocenters. The fourth-order valence-corrected chi connectivity index (χ4v) is 5.46. The van der Waals surface area contributed by atoms with Gasteiger partial charge in [0.1, 0.15) is 0 Å². The minimum absolute atomic E-state index is 0.0256. The van der Waals surface area contributed by atoms with Gasteiger partial charge in [0.05, 0.1) is 13.2 Å². The fourth-order valence-electron chi connectivity index (χ4n) is 3.09. The molecular formula is C19H30ClO2P. The molecule has 1 heterocycles. The number of ether oxygens (including phenoxy) is 1. The molecule has 0 saturated carbocycles. The first-order valence-electron chi connectivity index (χ1n) is 8.17. The normalized spacial score (nSPS) is 21.2. The summed E-state index contributed by atoms with van der Waals surface area (Å²) in [5.74, 6) is 0. The lowest BCUT2D eigenvalue weighted by Gasteiger charge is -2.40. The molecule has 1 atom stereocenters. The van der Waals surface area contributed by atoms with Gasteiger partial charge in [-0.3, -0.25) is 0 Å². The van der Waals surface area contributed by atoms with Gasteiger partial charge in [0.2, 0.25) is 0 Å². The second-order valence-electron chi connectivity index (χ2n) is 8.89. The number of hydrogen-bond donors (Lipinski definition) is 0. The van der Waals surface area contributed by atoms with Crippen LogP contribution in [-0.4, -0.2) is 20.3 Å². The second kappa shape index (κ2) is 6.30. The van der Waals surface area contributed by atoms with Crippen molar-refractivity contribution in [2.24, 2.45) is 0 Å². The van der Waals surface area contributed by atoms with Crippen LogP contribution in [0.3, 0.4) is 0 Å². The van der Waals surface area contributed by atoms with Gasteiger partial charge < -0.3 is 9.26 Å². The van der Waals surface area contributed by atoms with Crippen LogP contribution in [0.4, 0.5) is 0 Å². The highest BCUT2D eigenvalue weighted by Gasteiger charge is 2.39. The third-order valence-corrected chi connectivity index (χ3v) is 6.64. The molecule has 0 fully saturated rings. The van der Waals surface area contributed by atoms with E-state index in [-0.39, 0.29) is 16.2 Å². The van der Waals surface area contributed by atoms with Crippen LogP contribution in [0.2, 0.25) is 0 Å². The molecule has 23 heavy (non-hydrogen) atoms. The highest BCUT2D eigenvalue weighted by atomic mass is 35.7. The van der Waals surface area contributed by atoms with Gasteiger partial charge in [0.15, 0.2) is 7.50 Å². The maximum atomic E-state index is 6.65. The third kappa shape index (κ3) is 3.76. The van der Waals surface area contributed by atoms with E-state index < -0.39 is 7.50 Å².